The van der Waals surface area contributed by atoms with Gasteiger partial charge in [-0.05, 0) is 5.46 Å². The van der Waals surface area contributed by atoms with Crippen molar-refractivity contribution in [3.63, 3.8) is 0 Å². The molecule has 0 aliphatic heterocycles. The second kappa shape index (κ2) is 3.28. The molecule has 1 rings (SSSR count). The lowest BCUT2D eigenvalue weighted by molar-refractivity contribution is 0.338. The van der Waals surface area contributed by atoms with E-state index in [1.807, 2.05) is 0 Å². The van der Waals surface area contributed by atoms with Crippen molar-refractivity contribution in [1.82, 2.24) is 0 Å². The molecule has 6 heteroatoms. The van der Waals surface area contributed by atoms with E-state index in [0.717, 1.165) is 7.11 Å². The third-order valence-corrected chi connectivity index (χ3v) is 1.46. The van der Waals surface area contributed by atoms with Gasteiger partial charge in [0.25, 0.3) is 0 Å². The van der Waals surface area contributed by atoms with Crippen molar-refractivity contribution in [2.45, 2.75) is 0 Å². The first-order valence-electron chi connectivity index (χ1n) is 3.16. The minimum absolute atomic E-state index is 0.915. The van der Waals surface area contributed by atoms with Crippen LogP contribution in [0.5, 0.6) is 5.75 Å². The number of ether oxygens (including phenoxy) is 1. The van der Waals surface area contributed by atoms with Crippen LogP contribution in [0.25, 0.3) is 0 Å². The molecule has 0 heterocycles. The van der Waals surface area contributed by atoms with E-state index in [2.05, 4.69) is 4.74 Å². The molecular formula is C7H3BF4O. The molecule has 0 amide bonds. The van der Waals surface area contributed by atoms with Gasteiger partial charge in [0.15, 0.2) is 23.2 Å². The molecule has 0 bridgehead atoms. The highest BCUT2D eigenvalue weighted by Gasteiger charge is 2.22. The molecule has 0 aromatic heterocycles. The van der Waals surface area contributed by atoms with E-state index in [0.29, 0.717) is 0 Å². The van der Waals surface area contributed by atoms with Crippen LogP contribution >= 0.6 is 0 Å². The Balaban J connectivity index is 3.56. The van der Waals surface area contributed by atoms with Gasteiger partial charge in [-0.3, -0.25) is 0 Å². The van der Waals surface area contributed by atoms with E-state index < -0.39 is 34.5 Å². The Labute approximate surface area is 72.7 Å². The topological polar surface area (TPSA) is 9.23 Å². The summed E-state index contributed by atoms with van der Waals surface area (Å²) in [7, 11) is 5.71. The van der Waals surface area contributed by atoms with Crippen LogP contribution in [0, 0.1) is 23.3 Å². The molecule has 0 N–H and O–H groups in total. The molecule has 0 aliphatic rings. The van der Waals surface area contributed by atoms with Gasteiger partial charge >= 0.3 is 0 Å². The Bertz CT molecular complexity index is 324. The summed E-state index contributed by atoms with van der Waals surface area (Å²) >= 11 is 0. The Kier molecular flexibility index (Phi) is 2.49. The fourth-order valence-corrected chi connectivity index (χ4v) is 0.808. The average Bonchev–Trinajstić information content (AvgIpc) is 2.13. The summed E-state index contributed by atoms with van der Waals surface area (Å²) in [4.78, 5) is 0. The molecule has 1 aromatic carbocycles. The smallest absolute Gasteiger partial charge is 0.206 e. The van der Waals surface area contributed by atoms with Crippen molar-refractivity contribution in [1.29, 1.82) is 0 Å². The van der Waals surface area contributed by atoms with E-state index in [-0.39, 0.29) is 0 Å². The second-order valence-electron chi connectivity index (χ2n) is 2.20. The molecule has 13 heavy (non-hydrogen) atoms. The normalized spacial score (nSPS) is 10.2. The van der Waals surface area contributed by atoms with Gasteiger partial charge in [0.05, 0.1) is 7.11 Å². The summed E-state index contributed by atoms with van der Waals surface area (Å²) in [5.74, 6) is -7.81. The molecule has 0 aliphatic carbocycles. The molecular weight excluding hydrogens is 187 g/mol. The second-order valence-corrected chi connectivity index (χ2v) is 2.20. The molecule has 0 saturated carbocycles. The number of rotatable bonds is 1. The fraction of sp³-hybridized carbons (Fsp3) is 0.143. The van der Waals surface area contributed by atoms with Crippen molar-refractivity contribution < 1.29 is 22.3 Å². The van der Waals surface area contributed by atoms with Gasteiger partial charge in [-0.25, -0.2) is 13.2 Å². The first-order chi connectivity index (χ1) is 6.00. The maximum absolute atomic E-state index is 12.8. The van der Waals surface area contributed by atoms with E-state index in [9.17, 15) is 17.6 Å². The van der Waals surface area contributed by atoms with Crippen LogP contribution in [0.3, 0.4) is 0 Å². The molecule has 68 valence electrons. The summed E-state index contributed by atoms with van der Waals surface area (Å²) in [5.41, 5.74) is -1.10. The maximum Gasteiger partial charge on any atom is 0.206 e. The van der Waals surface area contributed by atoms with Crippen molar-refractivity contribution in [2.75, 3.05) is 7.11 Å². The van der Waals surface area contributed by atoms with Gasteiger partial charge in [-0.1, -0.05) is 0 Å². The molecule has 0 spiro atoms. The Morgan fingerprint density at radius 3 is 1.92 bits per heavy atom. The van der Waals surface area contributed by atoms with Crippen LogP contribution in [-0.4, -0.2) is 15.0 Å². The van der Waals surface area contributed by atoms with Crippen LogP contribution in [-0.2, 0) is 0 Å². The summed E-state index contributed by atoms with van der Waals surface area (Å²) < 4.78 is 54.7. The van der Waals surface area contributed by atoms with Gasteiger partial charge in [-0.2, -0.15) is 4.39 Å². The molecule has 0 unspecified atom stereocenters. The summed E-state index contributed by atoms with van der Waals surface area (Å²) in [6.07, 6.45) is 0. The summed E-state index contributed by atoms with van der Waals surface area (Å²) in [6.45, 7) is 0. The van der Waals surface area contributed by atoms with Gasteiger partial charge in [-0.15, -0.1) is 0 Å². The zero-order chi connectivity index (χ0) is 10.2. The Morgan fingerprint density at radius 2 is 1.46 bits per heavy atom. The quantitative estimate of drug-likeness (QED) is 0.278. The Morgan fingerprint density at radius 1 is 0.923 bits per heavy atom. The van der Waals surface area contributed by atoms with Gasteiger partial charge in [0, 0.05) is 0 Å². The molecule has 1 aromatic rings. The largest absolute Gasteiger partial charge is 0.491 e. The number of hydrogen-bond acceptors (Lipinski definition) is 1. The predicted octanol–water partition coefficient (Wildman–Crippen LogP) is 1.05. The lowest BCUT2D eigenvalue weighted by Gasteiger charge is -2.07. The van der Waals surface area contributed by atoms with Gasteiger partial charge in [0.1, 0.15) is 7.85 Å². The SMILES string of the molecule is [B]c1c(F)c(F)c(F)c(OC)c1F. The molecule has 0 atom stereocenters. The van der Waals surface area contributed by atoms with Crippen molar-refractivity contribution in [3.8, 4) is 5.75 Å². The van der Waals surface area contributed by atoms with E-state index in [1.165, 1.54) is 0 Å². The molecule has 0 fully saturated rings. The fourth-order valence-electron chi connectivity index (χ4n) is 0.808. The summed E-state index contributed by atoms with van der Waals surface area (Å²) in [6, 6.07) is 0. The van der Waals surface area contributed by atoms with Crippen LogP contribution in [0.4, 0.5) is 17.6 Å². The molecule has 2 radical (unpaired) electrons. The van der Waals surface area contributed by atoms with E-state index in [4.69, 9.17) is 7.85 Å². The minimum atomic E-state index is -1.85. The predicted molar refractivity (Wildman–Crippen MR) is 38.2 cm³/mol. The number of hydrogen-bond donors (Lipinski definition) is 0. The van der Waals surface area contributed by atoms with Gasteiger partial charge < -0.3 is 4.74 Å². The third kappa shape index (κ3) is 1.36. The lowest BCUT2D eigenvalue weighted by atomic mass is 9.94. The number of methoxy groups -OCH3 is 1. The van der Waals surface area contributed by atoms with Crippen molar-refractivity contribution in [3.05, 3.63) is 23.3 Å². The minimum Gasteiger partial charge on any atom is -0.491 e. The standard InChI is InChI=1S/C7H3BF4O/c1-13-7-4(10)2(8)3(9)5(11)6(7)12/h1H3. The van der Waals surface area contributed by atoms with Crippen molar-refractivity contribution >= 4 is 13.3 Å². The highest BCUT2D eigenvalue weighted by molar-refractivity contribution is 6.32. The van der Waals surface area contributed by atoms with Crippen molar-refractivity contribution in [2.24, 2.45) is 0 Å². The van der Waals surface area contributed by atoms with Crippen LogP contribution in [0.2, 0.25) is 0 Å². The maximum atomic E-state index is 12.8. The Hall–Kier alpha value is -1.20. The first kappa shape index (κ1) is 9.89. The van der Waals surface area contributed by atoms with E-state index >= 15 is 0 Å². The highest BCUT2D eigenvalue weighted by atomic mass is 19.2. The van der Waals surface area contributed by atoms with Gasteiger partial charge in [0.2, 0.25) is 5.82 Å². The lowest BCUT2D eigenvalue weighted by Crippen LogP contribution is -2.19. The number of halogens is 4. The van der Waals surface area contributed by atoms with Crippen LogP contribution in [0.1, 0.15) is 0 Å². The summed E-state index contributed by atoms with van der Waals surface area (Å²) in [5, 5.41) is 0. The first-order valence-corrected chi connectivity index (χ1v) is 3.16. The monoisotopic (exact) mass is 190 g/mol. The zero-order valence-corrected chi connectivity index (χ0v) is 6.50. The third-order valence-electron chi connectivity index (χ3n) is 1.46. The van der Waals surface area contributed by atoms with Crippen LogP contribution < -0.4 is 10.2 Å². The highest BCUT2D eigenvalue weighted by Crippen LogP contribution is 2.23. The average molecular weight is 190 g/mol. The number of benzene rings is 1. The molecule has 1 nitrogen and oxygen atoms in total. The van der Waals surface area contributed by atoms with E-state index in [1.54, 1.807) is 0 Å². The zero-order valence-electron chi connectivity index (χ0n) is 6.50. The van der Waals surface area contributed by atoms with Crippen LogP contribution in [0.15, 0.2) is 0 Å². The molecule has 0 saturated heterocycles.